The Hall–Kier alpha value is -2.83. The van der Waals surface area contributed by atoms with Crippen molar-refractivity contribution in [1.82, 2.24) is 9.88 Å². The monoisotopic (exact) mass is 423 g/mol. The quantitative estimate of drug-likeness (QED) is 0.794. The molecule has 1 aliphatic carbocycles. The van der Waals surface area contributed by atoms with E-state index in [4.69, 9.17) is 9.72 Å². The third kappa shape index (κ3) is 3.82. The summed E-state index contributed by atoms with van der Waals surface area (Å²) in [6.07, 6.45) is 3.06. The van der Waals surface area contributed by atoms with Gasteiger partial charge in [-0.2, -0.15) is 0 Å². The van der Waals surface area contributed by atoms with Crippen molar-refractivity contribution >= 4 is 28.8 Å². The van der Waals surface area contributed by atoms with E-state index in [0.29, 0.717) is 31.4 Å². The highest BCUT2D eigenvalue weighted by molar-refractivity contribution is 5.98. The Bertz CT molecular complexity index is 1060. The Morgan fingerprint density at radius 2 is 1.90 bits per heavy atom. The standard InChI is InChI=1S/C24H29N3O4/c1-23(2,3)31-22(30)27-13-24(14-27)8-9-26(12-24)20-18(21(28)29)10-17-7-6-16(15-4-5-15)11-19(17)25-20/h6-7,10-11,15H,4-5,8-9,12-14H2,1-3H3,(H,28,29). The summed E-state index contributed by atoms with van der Waals surface area (Å²) in [7, 11) is 0. The fourth-order valence-electron chi connectivity index (χ4n) is 4.84. The van der Waals surface area contributed by atoms with Crippen LogP contribution in [-0.4, -0.2) is 58.8 Å². The van der Waals surface area contributed by atoms with E-state index in [1.807, 2.05) is 26.8 Å². The number of ether oxygens (including phenoxy) is 1. The Morgan fingerprint density at radius 1 is 1.16 bits per heavy atom. The SMILES string of the molecule is CC(C)(C)OC(=O)N1CC2(CCN(c3nc4cc(C5CC5)ccc4cc3C(=O)O)C2)C1. The molecule has 1 aromatic carbocycles. The second kappa shape index (κ2) is 6.84. The maximum atomic E-state index is 12.3. The summed E-state index contributed by atoms with van der Waals surface area (Å²) >= 11 is 0. The summed E-state index contributed by atoms with van der Waals surface area (Å²) in [5, 5.41) is 10.7. The first kappa shape index (κ1) is 20.1. The number of aromatic nitrogens is 1. The van der Waals surface area contributed by atoms with Gasteiger partial charge in [-0.3, -0.25) is 0 Å². The van der Waals surface area contributed by atoms with Crippen molar-refractivity contribution < 1.29 is 19.4 Å². The third-order valence-electron chi connectivity index (χ3n) is 6.54. The van der Waals surface area contributed by atoms with Crippen molar-refractivity contribution in [3.63, 3.8) is 0 Å². The fraction of sp³-hybridized carbons (Fsp3) is 0.542. The van der Waals surface area contributed by atoms with Gasteiger partial charge in [0.05, 0.1) is 5.52 Å². The normalized spacial score (nSPS) is 20.2. The minimum atomic E-state index is -0.958. The van der Waals surface area contributed by atoms with Crippen LogP contribution in [0.25, 0.3) is 10.9 Å². The fourth-order valence-corrected chi connectivity index (χ4v) is 4.84. The molecule has 5 rings (SSSR count). The molecule has 3 fully saturated rings. The van der Waals surface area contributed by atoms with Gasteiger partial charge in [0.2, 0.25) is 0 Å². The number of benzene rings is 1. The van der Waals surface area contributed by atoms with Crippen LogP contribution in [0.3, 0.4) is 0 Å². The van der Waals surface area contributed by atoms with Crippen molar-refractivity contribution in [1.29, 1.82) is 0 Å². The van der Waals surface area contributed by atoms with E-state index in [9.17, 15) is 14.7 Å². The molecule has 1 amide bonds. The molecule has 0 unspecified atom stereocenters. The van der Waals surface area contributed by atoms with E-state index in [2.05, 4.69) is 17.0 Å². The van der Waals surface area contributed by atoms with E-state index in [1.165, 1.54) is 18.4 Å². The van der Waals surface area contributed by atoms with Gasteiger partial charge >= 0.3 is 12.1 Å². The predicted molar refractivity (Wildman–Crippen MR) is 118 cm³/mol. The smallest absolute Gasteiger partial charge is 0.410 e. The summed E-state index contributed by atoms with van der Waals surface area (Å²) in [6, 6.07) is 7.94. The molecular formula is C24H29N3O4. The molecule has 0 atom stereocenters. The zero-order valence-electron chi connectivity index (χ0n) is 18.4. The van der Waals surface area contributed by atoms with Crippen LogP contribution in [0.2, 0.25) is 0 Å². The molecule has 7 heteroatoms. The topological polar surface area (TPSA) is 83.0 Å². The first-order chi connectivity index (χ1) is 14.6. The average molecular weight is 424 g/mol. The van der Waals surface area contributed by atoms with Crippen molar-refractivity contribution in [3.8, 4) is 0 Å². The second-order valence-corrected chi connectivity index (χ2v) is 10.4. The Balaban J connectivity index is 1.37. The molecule has 2 aliphatic heterocycles. The lowest BCUT2D eigenvalue weighted by atomic mass is 9.79. The zero-order chi connectivity index (χ0) is 22.0. The summed E-state index contributed by atoms with van der Waals surface area (Å²) in [6.45, 7) is 8.32. The summed E-state index contributed by atoms with van der Waals surface area (Å²) in [4.78, 5) is 32.9. The van der Waals surface area contributed by atoms with Gasteiger partial charge < -0.3 is 19.6 Å². The van der Waals surface area contributed by atoms with Crippen molar-refractivity contribution in [2.45, 2.75) is 51.6 Å². The van der Waals surface area contributed by atoms with Crippen LogP contribution in [0.5, 0.6) is 0 Å². The number of rotatable bonds is 3. The number of carbonyl (C=O) groups excluding carboxylic acids is 1. The van der Waals surface area contributed by atoms with Gasteiger partial charge in [-0.15, -0.1) is 0 Å². The second-order valence-electron chi connectivity index (χ2n) is 10.4. The highest BCUT2D eigenvalue weighted by Gasteiger charge is 2.51. The minimum absolute atomic E-state index is 0.0147. The summed E-state index contributed by atoms with van der Waals surface area (Å²) in [5.41, 5.74) is 1.87. The lowest BCUT2D eigenvalue weighted by Crippen LogP contribution is -2.60. The zero-order valence-corrected chi connectivity index (χ0v) is 18.4. The molecule has 3 aliphatic rings. The molecular weight excluding hydrogens is 394 g/mol. The van der Waals surface area contributed by atoms with E-state index >= 15 is 0 Å². The van der Waals surface area contributed by atoms with Gasteiger partial charge in [-0.05, 0) is 63.6 Å². The van der Waals surface area contributed by atoms with Crippen LogP contribution in [0, 0.1) is 5.41 Å². The van der Waals surface area contributed by atoms with Crippen LogP contribution in [0.4, 0.5) is 10.6 Å². The van der Waals surface area contributed by atoms with Crippen molar-refractivity contribution in [2.24, 2.45) is 5.41 Å². The van der Waals surface area contributed by atoms with Crippen molar-refractivity contribution in [3.05, 3.63) is 35.4 Å². The van der Waals surface area contributed by atoms with Gasteiger partial charge in [0, 0.05) is 37.0 Å². The Kier molecular flexibility index (Phi) is 4.43. The number of hydrogen-bond donors (Lipinski definition) is 1. The highest BCUT2D eigenvalue weighted by Crippen LogP contribution is 2.43. The molecule has 2 saturated heterocycles. The molecule has 31 heavy (non-hydrogen) atoms. The minimum Gasteiger partial charge on any atom is -0.478 e. The molecule has 164 valence electrons. The number of amides is 1. The van der Waals surface area contributed by atoms with Crippen LogP contribution in [0.1, 0.15) is 61.9 Å². The van der Waals surface area contributed by atoms with Crippen LogP contribution < -0.4 is 4.90 Å². The van der Waals surface area contributed by atoms with Gasteiger partial charge in [-0.25, -0.2) is 14.6 Å². The number of fused-ring (bicyclic) bond motifs is 1. The van der Waals surface area contributed by atoms with Gasteiger partial charge in [-0.1, -0.05) is 12.1 Å². The van der Waals surface area contributed by atoms with E-state index < -0.39 is 11.6 Å². The molecule has 7 nitrogen and oxygen atoms in total. The number of hydrogen-bond acceptors (Lipinski definition) is 5. The number of carbonyl (C=O) groups is 2. The Morgan fingerprint density at radius 3 is 2.55 bits per heavy atom. The number of aromatic carboxylic acids is 1. The van der Waals surface area contributed by atoms with E-state index in [-0.39, 0.29) is 17.1 Å². The molecule has 1 N–H and O–H groups in total. The first-order valence-corrected chi connectivity index (χ1v) is 11.0. The number of pyridine rings is 1. The predicted octanol–water partition coefficient (Wildman–Crippen LogP) is 4.26. The Labute approximate surface area is 182 Å². The molecule has 2 aromatic rings. The van der Waals surface area contributed by atoms with Gasteiger partial charge in [0.15, 0.2) is 0 Å². The lowest BCUT2D eigenvalue weighted by molar-refractivity contribution is -0.0266. The third-order valence-corrected chi connectivity index (χ3v) is 6.54. The van der Waals surface area contributed by atoms with Crippen LogP contribution in [-0.2, 0) is 4.74 Å². The molecule has 0 radical (unpaired) electrons. The lowest BCUT2D eigenvalue weighted by Gasteiger charge is -2.47. The van der Waals surface area contributed by atoms with Crippen molar-refractivity contribution in [2.75, 3.05) is 31.1 Å². The van der Waals surface area contributed by atoms with Crippen LogP contribution in [0.15, 0.2) is 24.3 Å². The number of likely N-dealkylation sites (tertiary alicyclic amines) is 1. The number of carboxylic acid groups (broad SMARTS) is 1. The maximum Gasteiger partial charge on any atom is 0.410 e. The highest BCUT2D eigenvalue weighted by atomic mass is 16.6. The molecule has 0 bridgehead atoms. The molecule has 1 aromatic heterocycles. The number of nitrogens with zero attached hydrogens (tertiary/aromatic N) is 3. The molecule has 3 heterocycles. The van der Waals surface area contributed by atoms with E-state index in [0.717, 1.165) is 23.9 Å². The van der Waals surface area contributed by atoms with Gasteiger partial charge in [0.25, 0.3) is 0 Å². The largest absolute Gasteiger partial charge is 0.478 e. The summed E-state index contributed by atoms with van der Waals surface area (Å²) < 4.78 is 5.47. The summed E-state index contributed by atoms with van der Waals surface area (Å²) in [5.74, 6) is 0.207. The van der Waals surface area contributed by atoms with Gasteiger partial charge in [0.1, 0.15) is 17.0 Å². The number of anilines is 1. The average Bonchev–Trinajstić information content (AvgIpc) is 3.41. The van der Waals surface area contributed by atoms with Crippen LogP contribution >= 0.6 is 0 Å². The molecule has 1 saturated carbocycles. The maximum absolute atomic E-state index is 12.3. The molecule has 1 spiro atoms. The van der Waals surface area contributed by atoms with E-state index in [1.54, 1.807) is 11.0 Å². The number of carboxylic acids is 1. The first-order valence-electron chi connectivity index (χ1n) is 11.0.